The van der Waals surface area contributed by atoms with Gasteiger partial charge >= 0.3 is 0 Å². The third kappa shape index (κ3) is 2.82. The second-order valence-electron chi connectivity index (χ2n) is 5.86. The lowest BCUT2D eigenvalue weighted by Crippen LogP contribution is -2.59. The molecule has 19 heavy (non-hydrogen) atoms. The van der Waals surface area contributed by atoms with Crippen LogP contribution < -0.4 is 5.73 Å². The second-order valence-corrected chi connectivity index (χ2v) is 5.86. The number of hydrogen-bond acceptors (Lipinski definition) is 4. The van der Waals surface area contributed by atoms with Gasteiger partial charge < -0.3 is 10.6 Å². The van der Waals surface area contributed by atoms with Crippen molar-refractivity contribution in [3.63, 3.8) is 0 Å². The van der Waals surface area contributed by atoms with E-state index in [1.165, 1.54) is 32.1 Å². The molecule has 1 saturated carbocycles. The summed E-state index contributed by atoms with van der Waals surface area (Å²) in [6.45, 7) is 2.95. The molecule has 5 nitrogen and oxygen atoms in total. The number of likely N-dealkylation sites (N-methyl/N-ethyl adjacent to an activating group) is 1. The van der Waals surface area contributed by atoms with E-state index in [4.69, 9.17) is 5.73 Å². The van der Waals surface area contributed by atoms with Crippen molar-refractivity contribution in [2.45, 2.75) is 63.6 Å². The van der Waals surface area contributed by atoms with E-state index in [2.05, 4.69) is 36.0 Å². The van der Waals surface area contributed by atoms with Gasteiger partial charge in [-0.25, -0.2) is 4.98 Å². The van der Waals surface area contributed by atoms with Crippen molar-refractivity contribution >= 4 is 0 Å². The van der Waals surface area contributed by atoms with Gasteiger partial charge in [0, 0.05) is 24.5 Å². The number of rotatable bonds is 5. The Morgan fingerprint density at radius 2 is 2.05 bits per heavy atom. The van der Waals surface area contributed by atoms with Gasteiger partial charge in [0.1, 0.15) is 12.2 Å². The molecule has 108 valence electrons. The van der Waals surface area contributed by atoms with Gasteiger partial charge in [0.25, 0.3) is 0 Å². The Bertz CT molecular complexity index is 392. The van der Waals surface area contributed by atoms with Crippen molar-refractivity contribution in [3.05, 3.63) is 12.2 Å². The lowest BCUT2D eigenvalue weighted by Gasteiger charge is -2.47. The molecule has 1 aliphatic rings. The summed E-state index contributed by atoms with van der Waals surface area (Å²) in [5.74, 6) is 1.02. The lowest BCUT2D eigenvalue weighted by molar-refractivity contribution is 0.0705. The minimum absolute atomic E-state index is 0.122. The van der Waals surface area contributed by atoms with Gasteiger partial charge in [0.15, 0.2) is 0 Å². The summed E-state index contributed by atoms with van der Waals surface area (Å²) in [6.07, 6.45) is 8.75. The topological polar surface area (TPSA) is 60.0 Å². The van der Waals surface area contributed by atoms with Gasteiger partial charge in [-0.2, -0.15) is 5.10 Å². The first-order valence-electron chi connectivity index (χ1n) is 7.40. The highest BCUT2D eigenvalue weighted by atomic mass is 15.3. The molecule has 1 heterocycles. The Morgan fingerprint density at radius 1 is 1.37 bits per heavy atom. The van der Waals surface area contributed by atoms with Crippen LogP contribution in [0.2, 0.25) is 0 Å². The first-order valence-corrected chi connectivity index (χ1v) is 7.40. The average molecular weight is 265 g/mol. The van der Waals surface area contributed by atoms with Gasteiger partial charge in [-0.1, -0.05) is 19.3 Å². The van der Waals surface area contributed by atoms with E-state index >= 15 is 0 Å². The number of hydrogen-bond donors (Lipinski definition) is 1. The molecule has 2 rings (SSSR count). The Hall–Kier alpha value is -0.940. The maximum atomic E-state index is 6.58. The van der Waals surface area contributed by atoms with Crippen molar-refractivity contribution in [1.82, 2.24) is 19.7 Å². The molecule has 1 unspecified atom stereocenters. The van der Waals surface area contributed by atoms with Gasteiger partial charge in [0.2, 0.25) is 0 Å². The van der Waals surface area contributed by atoms with Crippen LogP contribution in [0.4, 0.5) is 0 Å². The zero-order valence-corrected chi connectivity index (χ0v) is 12.5. The van der Waals surface area contributed by atoms with Crippen LogP contribution in [0.5, 0.6) is 0 Å². The van der Waals surface area contributed by atoms with Gasteiger partial charge in [0.05, 0.1) is 0 Å². The minimum atomic E-state index is 0.122. The summed E-state index contributed by atoms with van der Waals surface area (Å²) >= 11 is 0. The molecular formula is C14H27N5. The van der Waals surface area contributed by atoms with Crippen LogP contribution in [0, 0.1) is 0 Å². The zero-order chi connectivity index (χ0) is 13.9. The van der Waals surface area contributed by atoms with Crippen molar-refractivity contribution in [2.24, 2.45) is 5.73 Å². The minimum Gasteiger partial charge on any atom is -0.326 e. The summed E-state index contributed by atoms with van der Waals surface area (Å²) in [6, 6.07) is 0.122. The molecule has 0 saturated heterocycles. The van der Waals surface area contributed by atoms with Crippen LogP contribution in [0.15, 0.2) is 6.33 Å². The molecular weight excluding hydrogens is 238 g/mol. The highest BCUT2D eigenvalue weighted by molar-refractivity contribution is 5.03. The van der Waals surface area contributed by atoms with Crippen LogP contribution >= 0.6 is 0 Å². The molecule has 1 aromatic rings. The van der Waals surface area contributed by atoms with E-state index in [9.17, 15) is 0 Å². The number of aryl methyl sites for hydroxylation is 1. The molecule has 1 aliphatic carbocycles. The van der Waals surface area contributed by atoms with Crippen molar-refractivity contribution in [3.8, 4) is 0 Å². The fraction of sp³-hybridized carbons (Fsp3) is 0.857. The van der Waals surface area contributed by atoms with Gasteiger partial charge in [-0.15, -0.1) is 0 Å². The summed E-state index contributed by atoms with van der Waals surface area (Å²) in [4.78, 5) is 6.70. The Morgan fingerprint density at radius 3 is 2.63 bits per heavy atom. The molecule has 0 radical (unpaired) electrons. The molecule has 2 N–H and O–H groups in total. The predicted molar refractivity (Wildman–Crippen MR) is 76.9 cm³/mol. The summed E-state index contributed by atoms with van der Waals surface area (Å²) in [5, 5.41) is 4.24. The van der Waals surface area contributed by atoms with Crippen LogP contribution in [0.3, 0.4) is 0 Å². The normalized spacial score (nSPS) is 20.7. The van der Waals surface area contributed by atoms with Crippen LogP contribution in [0.1, 0.15) is 44.9 Å². The van der Waals surface area contributed by atoms with Crippen molar-refractivity contribution < 1.29 is 0 Å². The second kappa shape index (κ2) is 6.01. The molecule has 0 amide bonds. The first-order chi connectivity index (χ1) is 9.10. The van der Waals surface area contributed by atoms with Crippen molar-refractivity contribution in [2.75, 3.05) is 14.1 Å². The summed E-state index contributed by atoms with van der Waals surface area (Å²) in [5.41, 5.74) is 6.70. The van der Waals surface area contributed by atoms with Gasteiger partial charge in [-0.3, -0.25) is 4.68 Å². The zero-order valence-electron chi connectivity index (χ0n) is 12.5. The molecule has 0 aliphatic heterocycles. The van der Waals surface area contributed by atoms with E-state index in [0.29, 0.717) is 0 Å². The largest absolute Gasteiger partial charge is 0.326 e. The van der Waals surface area contributed by atoms with E-state index < -0.39 is 0 Å². The highest BCUT2D eigenvalue weighted by Gasteiger charge is 2.40. The third-order valence-electron chi connectivity index (χ3n) is 4.70. The van der Waals surface area contributed by atoms with Crippen LogP contribution in [-0.2, 0) is 13.0 Å². The Labute approximate surface area is 116 Å². The maximum Gasteiger partial charge on any atom is 0.138 e. The fourth-order valence-corrected chi connectivity index (χ4v) is 3.41. The maximum absolute atomic E-state index is 6.58. The average Bonchev–Trinajstić information content (AvgIpc) is 2.86. The number of nitrogens with two attached hydrogens (primary N) is 1. The SMILES string of the molecule is CCn1ncnc1CC(N)C1(N(C)C)CCCCC1. The molecule has 0 spiro atoms. The molecule has 1 aromatic heterocycles. The lowest BCUT2D eigenvalue weighted by atomic mass is 9.74. The molecule has 1 atom stereocenters. The number of nitrogens with zero attached hydrogens (tertiary/aromatic N) is 4. The van der Waals surface area contributed by atoms with E-state index in [-0.39, 0.29) is 11.6 Å². The standard InChI is InChI=1S/C14H27N5/c1-4-19-13(16-11-17-19)10-12(15)14(18(2)3)8-6-5-7-9-14/h11-12H,4-10,15H2,1-3H3. The highest BCUT2D eigenvalue weighted by Crippen LogP contribution is 2.35. The van der Waals surface area contributed by atoms with Crippen LogP contribution in [-0.4, -0.2) is 45.3 Å². The summed E-state index contributed by atoms with van der Waals surface area (Å²) < 4.78 is 1.95. The number of aromatic nitrogens is 3. The monoisotopic (exact) mass is 265 g/mol. The van der Waals surface area contributed by atoms with Crippen LogP contribution in [0.25, 0.3) is 0 Å². The molecule has 0 bridgehead atoms. The predicted octanol–water partition coefficient (Wildman–Crippen LogP) is 1.43. The van der Waals surface area contributed by atoms with E-state index in [0.717, 1.165) is 18.8 Å². The van der Waals surface area contributed by atoms with Gasteiger partial charge in [-0.05, 0) is 33.9 Å². The fourth-order valence-electron chi connectivity index (χ4n) is 3.41. The Balaban J connectivity index is 2.14. The third-order valence-corrected chi connectivity index (χ3v) is 4.70. The first kappa shape index (κ1) is 14.5. The Kier molecular flexibility index (Phi) is 4.58. The molecule has 1 fully saturated rings. The molecule has 0 aromatic carbocycles. The van der Waals surface area contributed by atoms with E-state index in [1.54, 1.807) is 6.33 Å². The quantitative estimate of drug-likeness (QED) is 0.875. The smallest absolute Gasteiger partial charge is 0.138 e. The molecule has 5 heteroatoms. The van der Waals surface area contributed by atoms with Crippen molar-refractivity contribution in [1.29, 1.82) is 0 Å². The van der Waals surface area contributed by atoms with E-state index in [1.807, 2.05) is 4.68 Å². The summed E-state index contributed by atoms with van der Waals surface area (Å²) in [7, 11) is 4.32.